The summed E-state index contributed by atoms with van der Waals surface area (Å²) >= 11 is 6.52. The molecule has 3 aromatic carbocycles. The quantitative estimate of drug-likeness (QED) is 0.278. The van der Waals surface area contributed by atoms with Gasteiger partial charge < -0.3 is 15.6 Å². The normalized spacial score (nSPS) is 11.1. The molecule has 7 heteroatoms. The van der Waals surface area contributed by atoms with Crippen LogP contribution >= 0.6 is 11.6 Å². The lowest BCUT2D eigenvalue weighted by Gasteiger charge is -2.11. The molecule has 2 heterocycles. The predicted octanol–water partition coefficient (Wildman–Crippen LogP) is 6.18. The van der Waals surface area contributed by atoms with E-state index in [4.69, 9.17) is 17.3 Å². The van der Waals surface area contributed by atoms with Gasteiger partial charge in [-0.2, -0.15) is 0 Å². The smallest absolute Gasteiger partial charge is 0.126 e. The number of pyridine rings is 1. The van der Waals surface area contributed by atoms with Crippen molar-refractivity contribution < 1.29 is 4.39 Å². The van der Waals surface area contributed by atoms with Crippen LogP contribution in [0, 0.1) is 5.82 Å². The molecule has 0 atom stereocenters. The molecule has 0 aliphatic rings. The number of rotatable bonds is 7. The highest BCUT2D eigenvalue weighted by Crippen LogP contribution is 2.31. The molecule has 170 valence electrons. The summed E-state index contributed by atoms with van der Waals surface area (Å²) in [6, 6.07) is 22.5. The van der Waals surface area contributed by atoms with Crippen molar-refractivity contribution in [3.05, 3.63) is 107 Å². The SMILES string of the molecule is Nc1ccc(CCNc2cc(-c3ccc4ncn(Cc5cccc(F)c5)c4c3)c(Cl)cn2)cc1. The molecule has 5 rings (SSSR count). The number of hydrogen-bond acceptors (Lipinski definition) is 4. The third kappa shape index (κ3) is 4.87. The summed E-state index contributed by atoms with van der Waals surface area (Å²) in [6.07, 6.45) is 4.29. The van der Waals surface area contributed by atoms with Crippen molar-refractivity contribution in [1.29, 1.82) is 0 Å². The van der Waals surface area contributed by atoms with E-state index in [9.17, 15) is 4.39 Å². The number of imidazole rings is 1. The first-order valence-electron chi connectivity index (χ1n) is 11.0. The van der Waals surface area contributed by atoms with Crippen molar-refractivity contribution in [1.82, 2.24) is 14.5 Å². The topological polar surface area (TPSA) is 68.8 Å². The van der Waals surface area contributed by atoms with Gasteiger partial charge in [0.05, 0.1) is 22.4 Å². The van der Waals surface area contributed by atoms with E-state index in [-0.39, 0.29) is 5.82 Å². The first kappa shape index (κ1) is 21.9. The molecule has 0 aliphatic heterocycles. The number of nitrogen functional groups attached to an aromatic ring is 1. The zero-order valence-corrected chi connectivity index (χ0v) is 19.1. The van der Waals surface area contributed by atoms with Crippen LogP contribution < -0.4 is 11.1 Å². The number of aromatic nitrogens is 3. The van der Waals surface area contributed by atoms with Gasteiger partial charge in [-0.15, -0.1) is 0 Å². The molecule has 3 N–H and O–H groups in total. The molecule has 0 saturated carbocycles. The standard InChI is InChI=1S/C27H23ClFN5/c28-24-15-32-27(31-11-10-18-4-7-22(30)8-5-18)14-23(24)20-6-9-25-26(13-20)34(17-33-25)16-19-2-1-3-21(29)12-19/h1-9,12-15,17H,10-11,16,30H2,(H,31,32). The van der Waals surface area contributed by atoms with Gasteiger partial charge in [-0.3, -0.25) is 0 Å². The lowest BCUT2D eigenvalue weighted by molar-refractivity contribution is 0.624. The molecule has 0 fully saturated rings. The van der Waals surface area contributed by atoms with Crippen LogP contribution in [0.1, 0.15) is 11.1 Å². The van der Waals surface area contributed by atoms with Crippen molar-refractivity contribution in [3.63, 3.8) is 0 Å². The fourth-order valence-corrected chi connectivity index (χ4v) is 4.17. The van der Waals surface area contributed by atoms with E-state index in [2.05, 4.69) is 21.4 Å². The number of anilines is 2. The predicted molar refractivity (Wildman–Crippen MR) is 137 cm³/mol. The third-order valence-corrected chi connectivity index (χ3v) is 6.03. The Labute approximate surface area is 202 Å². The number of benzene rings is 3. The molecular weight excluding hydrogens is 449 g/mol. The number of nitrogens with two attached hydrogens (primary N) is 1. The first-order chi connectivity index (χ1) is 16.5. The average Bonchev–Trinajstić information content (AvgIpc) is 3.23. The van der Waals surface area contributed by atoms with E-state index >= 15 is 0 Å². The molecule has 2 aromatic heterocycles. The minimum absolute atomic E-state index is 0.248. The molecule has 5 nitrogen and oxygen atoms in total. The highest BCUT2D eigenvalue weighted by Gasteiger charge is 2.10. The summed E-state index contributed by atoms with van der Waals surface area (Å²) in [5.41, 5.74) is 12.3. The molecule has 34 heavy (non-hydrogen) atoms. The Balaban J connectivity index is 1.37. The van der Waals surface area contributed by atoms with Crippen molar-refractivity contribution in [2.75, 3.05) is 17.6 Å². The summed E-state index contributed by atoms with van der Waals surface area (Å²) < 4.78 is 15.6. The van der Waals surface area contributed by atoms with E-state index < -0.39 is 0 Å². The molecular formula is C27H23ClFN5. The fourth-order valence-electron chi connectivity index (χ4n) is 3.96. The van der Waals surface area contributed by atoms with Crippen LogP contribution in [0.3, 0.4) is 0 Å². The Bertz CT molecular complexity index is 1450. The minimum atomic E-state index is -0.248. The third-order valence-electron chi connectivity index (χ3n) is 5.73. The van der Waals surface area contributed by atoms with Gasteiger partial charge in [0.2, 0.25) is 0 Å². The number of nitrogens with one attached hydrogen (secondary N) is 1. The van der Waals surface area contributed by atoms with Gasteiger partial charge in [0.25, 0.3) is 0 Å². The average molecular weight is 472 g/mol. The summed E-state index contributed by atoms with van der Waals surface area (Å²) in [5.74, 6) is 0.505. The summed E-state index contributed by atoms with van der Waals surface area (Å²) in [7, 11) is 0. The largest absolute Gasteiger partial charge is 0.399 e. The van der Waals surface area contributed by atoms with Crippen LogP contribution in [-0.2, 0) is 13.0 Å². The number of fused-ring (bicyclic) bond motifs is 1. The molecule has 0 spiro atoms. The number of nitrogens with zero attached hydrogens (tertiary/aromatic N) is 3. The van der Waals surface area contributed by atoms with E-state index in [0.29, 0.717) is 11.6 Å². The fraction of sp³-hybridized carbons (Fsp3) is 0.111. The van der Waals surface area contributed by atoms with Crippen LogP contribution in [0.5, 0.6) is 0 Å². The molecule has 0 aliphatic carbocycles. The van der Waals surface area contributed by atoms with Crippen LogP contribution in [0.25, 0.3) is 22.2 Å². The maximum absolute atomic E-state index is 13.6. The Morgan fingerprint density at radius 3 is 2.62 bits per heavy atom. The number of halogens is 2. The second-order valence-electron chi connectivity index (χ2n) is 8.17. The molecule has 5 aromatic rings. The van der Waals surface area contributed by atoms with Gasteiger partial charge >= 0.3 is 0 Å². The van der Waals surface area contributed by atoms with E-state index in [0.717, 1.165) is 52.2 Å². The van der Waals surface area contributed by atoms with Crippen LogP contribution in [0.2, 0.25) is 5.02 Å². The van der Waals surface area contributed by atoms with Gasteiger partial charge in [-0.1, -0.05) is 41.9 Å². The maximum atomic E-state index is 13.6. The molecule has 0 saturated heterocycles. The van der Waals surface area contributed by atoms with Crippen molar-refractivity contribution in [3.8, 4) is 11.1 Å². The zero-order chi connectivity index (χ0) is 23.5. The highest BCUT2D eigenvalue weighted by atomic mass is 35.5. The molecule has 0 unspecified atom stereocenters. The zero-order valence-electron chi connectivity index (χ0n) is 18.4. The maximum Gasteiger partial charge on any atom is 0.126 e. The Kier molecular flexibility index (Phi) is 6.14. The summed E-state index contributed by atoms with van der Waals surface area (Å²) in [6.45, 7) is 1.26. The lowest BCUT2D eigenvalue weighted by Crippen LogP contribution is -2.06. The number of hydrogen-bond donors (Lipinski definition) is 2. The molecule has 0 amide bonds. The Morgan fingerprint density at radius 1 is 0.941 bits per heavy atom. The van der Waals surface area contributed by atoms with Gasteiger partial charge in [0, 0.05) is 30.5 Å². The Hall–Kier alpha value is -3.90. The van der Waals surface area contributed by atoms with Gasteiger partial charge in [-0.25, -0.2) is 14.4 Å². The Morgan fingerprint density at radius 2 is 1.79 bits per heavy atom. The van der Waals surface area contributed by atoms with Crippen molar-refractivity contribution in [2.45, 2.75) is 13.0 Å². The highest BCUT2D eigenvalue weighted by molar-refractivity contribution is 6.33. The summed E-state index contributed by atoms with van der Waals surface area (Å²) in [4.78, 5) is 8.92. The van der Waals surface area contributed by atoms with Gasteiger partial charge in [-0.05, 0) is 65.6 Å². The minimum Gasteiger partial charge on any atom is -0.399 e. The first-order valence-corrected chi connectivity index (χ1v) is 11.4. The van der Waals surface area contributed by atoms with Gasteiger partial charge in [0.1, 0.15) is 11.6 Å². The van der Waals surface area contributed by atoms with Crippen LogP contribution in [0.4, 0.5) is 15.9 Å². The second-order valence-corrected chi connectivity index (χ2v) is 8.58. The van der Waals surface area contributed by atoms with E-state index in [1.165, 1.54) is 17.7 Å². The van der Waals surface area contributed by atoms with Crippen LogP contribution in [0.15, 0.2) is 85.3 Å². The van der Waals surface area contributed by atoms with E-state index in [1.54, 1.807) is 18.6 Å². The monoisotopic (exact) mass is 471 g/mol. The van der Waals surface area contributed by atoms with Crippen LogP contribution in [-0.4, -0.2) is 21.1 Å². The van der Waals surface area contributed by atoms with Gasteiger partial charge in [0.15, 0.2) is 0 Å². The van der Waals surface area contributed by atoms with E-state index in [1.807, 2.05) is 53.1 Å². The molecule has 0 bridgehead atoms. The molecule has 0 radical (unpaired) electrons. The second kappa shape index (κ2) is 9.53. The van der Waals surface area contributed by atoms with Crippen molar-refractivity contribution in [2.24, 2.45) is 0 Å². The lowest BCUT2D eigenvalue weighted by atomic mass is 10.1. The van der Waals surface area contributed by atoms with Crippen molar-refractivity contribution >= 4 is 34.1 Å². The summed E-state index contributed by atoms with van der Waals surface area (Å²) in [5, 5.41) is 3.94.